The Kier molecular flexibility index (Phi) is 5.97. The highest BCUT2D eigenvalue weighted by Crippen LogP contribution is 2.39. The molecule has 9 heteroatoms. The zero-order valence-corrected chi connectivity index (χ0v) is 22.3. The van der Waals surface area contributed by atoms with E-state index in [4.69, 9.17) is 0 Å². The number of nitrogens with one attached hydrogen (secondary N) is 1. The molecule has 0 atom stereocenters. The fourth-order valence-corrected chi connectivity index (χ4v) is 6.58. The van der Waals surface area contributed by atoms with Crippen molar-refractivity contribution in [3.05, 3.63) is 102 Å². The number of amides is 2. The molecule has 0 saturated carbocycles. The van der Waals surface area contributed by atoms with Gasteiger partial charge in [0.1, 0.15) is 0 Å². The van der Waals surface area contributed by atoms with Gasteiger partial charge < -0.3 is 9.88 Å². The van der Waals surface area contributed by atoms with Crippen molar-refractivity contribution >= 4 is 54.8 Å². The van der Waals surface area contributed by atoms with Crippen molar-refractivity contribution in [1.82, 2.24) is 18.8 Å². The summed E-state index contributed by atoms with van der Waals surface area (Å²) in [4.78, 5) is 34.4. The van der Waals surface area contributed by atoms with Gasteiger partial charge in [0.15, 0.2) is 0 Å². The summed E-state index contributed by atoms with van der Waals surface area (Å²) in [6.45, 7) is 0.638. The zero-order valence-electron chi connectivity index (χ0n) is 21.5. The number of fused-ring (bicyclic) bond motifs is 2. The van der Waals surface area contributed by atoms with E-state index < -0.39 is 21.8 Å². The molecule has 3 aromatic carbocycles. The molecule has 8 nitrogen and oxygen atoms in total. The molecule has 0 unspecified atom stereocenters. The van der Waals surface area contributed by atoms with Crippen LogP contribution >= 0.6 is 0 Å². The summed E-state index contributed by atoms with van der Waals surface area (Å²) in [7, 11) is -0.396. The van der Waals surface area contributed by atoms with Crippen molar-refractivity contribution in [2.75, 3.05) is 27.2 Å². The molecule has 0 aliphatic carbocycles. The number of aromatic amines is 1. The van der Waals surface area contributed by atoms with Gasteiger partial charge in [0.25, 0.3) is 21.8 Å². The van der Waals surface area contributed by atoms with Crippen LogP contribution in [-0.4, -0.2) is 66.2 Å². The van der Waals surface area contributed by atoms with E-state index in [1.165, 1.54) is 21.0 Å². The highest BCUT2D eigenvalue weighted by atomic mass is 32.2. The van der Waals surface area contributed by atoms with Crippen LogP contribution in [0.15, 0.2) is 95.9 Å². The summed E-state index contributed by atoms with van der Waals surface area (Å²) < 4.78 is 29.3. The van der Waals surface area contributed by atoms with Crippen LogP contribution in [0.2, 0.25) is 0 Å². The van der Waals surface area contributed by atoms with Crippen LogP contribution in [0.4, 0.5) is 0 Å². The van der Waals surface area contributed by atoms with Crippen LogP contribution in [0.25, 0.3) is 33.0 Å². The molecule has 0 spiro atoms. The Hall–Kier alpha value is -4.47. The average molecular weight is 539 g/mol. The SMILES string of the molecule is CN(C)CCN1C(=O)C(c2cc3ccccc3[nH]2)=C(c2cc3ccccc3n2S(=O)(=O)c2ccccc2)C1=O. The third kappa shape index (κ3) is 4.07. The van der Waals surface area contributed by atoms with Gasteiger partial charge in [0, 0.05) is 29.4 Å². The largest absolute Gasteiger partial charge is 0.354 e. The summed E-state index contributed by atoms with van der Waals surface area (Å²) in [6, 6.07) is 26.2. The number of hydrogen-bond donors (Lipinski definition) is 1. The van der Waals surface area contributed by atoms with Crippen LogP contribution in [0.1, 0.15) is 11.4 Å². The fraction of sp³-hybridized carbons (Fsp3) is 0.133. The van der Waals surface area contributed by atoms with E-state index in [1.54, 1.807) is 42.5 Å². The molecule has 196 valence electrons. The minimum absolute atomic E-state index is 0.0565. The Morgan fingerprint density at radius 2 is 1.41 bits per heavy atom. The molecule has 0 radical (unpaired) electrons. The van der Waals surface area contributed by atoms with Crippen LogP contribution in [0.3, 0.4) is 0 Å². The Balaban J connectivity index is 1.65. The molecule has 1 N–H and O–H groups in total. The van der Waals surface area contributed by atoms with Crippen LogP contribution in [-0.2, 0) is 19.6 Å². The lowest BCUT2D eigenvalue weighted by atomic mass is 10.0. The number of rotatable bonds is 7. The maximum atomic E-state index is 14.1. The lowest BCUT2D eigenvalue weighted by Gasteiger charge is -2.18. The van der Waals surface area contributed by atoms with Crippen LogP contribution < -0.4 is 0 Å². The van der Waals surface area contributed by atoms with Gasteiger partial charge in [0.05, 0.1) is 32.9 Å². The maximum absolute atomic E-state index is 14.1. The van der Waals surface area contributed by atoms with Crippen LogP contribution in [0, 0.1) is 0 Å². The topological polar surface area (TPSA) is 95.5 Å². The molecule has 0 bridgehead atoms. The van der Waals surface area contributed by atoms with Gasteiger partial charge in [-0.3, -0.25) is 14.5 Å². The maximum Gasteiger partial charge on any atom is 0.268 e. The Morgan fingerprint density at radius 3 is 2.13 bits per heavy atom. The summed E-state index contributed by atoms with van der Waals surface area (Å²) >= 11 is 0. The number of likely N-dealkylation sites (N-methyl/N-ethyl adjacent to an activating group) is 1. The molecule has 3 heterocycles. The third-order valence-electron chi connectivity index (χ3n) is 6.94. The number of hydrogen-bond acceptors (Lipinski definition) is 5. The van der Waals surface area contributed by atoms with E-state index in [2.05, 4.69) is 4.98 Å². The smallest absolute Gasteiger partial charge is 0.268 e. The highest BCUT2D eigenvalue weighted by molar-refractivity contribution is 7.90. The van der Waals surface area contributed by atoms with Crippen molar-refractivity contribution in [1.29, 1.82) is 0 Å². The van der Waals surface area contributed by atoms with Crippen LogP contribution in [0.5, 0.6) is 0 Å². The summed E-state index contributed by atoms with van der Waals surface area (Å²) in [5.74, 6) is -0.986. The predicted octanol–water partition coefficient (Wildman–Crippen LogP) is 4.20. The number of aromatic nitrogens is 2. The van der Waals surface area contributed by atoms with Gasteiger partial charge in [0.2, 0.25) is 0 Å². The molecule has 0 saturated heterocycles. The number of H-pyrrole nitrogens is 1. The number of nitrogens with zero attached hydrogens (tertiary/aromatic N) is 3. The van der Waals surface area contributed by atoms with E-state index in [-0.39, 0.29) is 28.3 Å². The minimum atomic E-state index is -4.12. The second-order valence-corrected chi connectivity index (χ2v) is 11.5. The lowest BCUT2D eigenvalue weighted by Crippen LogP contribution is -2.37. The second-order valence-electron chi connectivity index (χ2n) is 9.76. The predicted molar refractivity (Wildman–Crippen MR) is 151 cm³/mol. The number of imide groups is 1. The molecule has 5 aromatic rings. The van der Waals surface area contributed by atoms with Crippen molar-refractivity contribution in [2.24, 2.45) is 0 Å². The third-order valence-corrected chi connectivity index (χ3v) is 8.68. The van der Waals surface area contributed by atoms with E-state index in [9.17, 15) is 18.0 Å². The first-order valence-corrected chi connectivity index (χ1v) is 14.0. The van der Waals surface area contributed by atoms with Crippen molar-refractivity contribution in [3.63, 3.8) is 0 Å². The number of carbonyl (C=O) groups excluding carboxylic acids is 2. The normalized spacial score (nSPS) is 14.5. The molecule has 1 aliphatic rings. The zero-order chi connectivity index (χ0) is 27.3. The molecular formula is C30H26N4O4S. The molecule has 2 aromatic heterocycles. The van der Waals surface area contributed by atoms with Gasteiger partial charge in [-0.15, -0.1) is 0 Å². The molecule has 2 amide bonds. The number of carbonyl (C=O) groups is 2. The minimum Gasteiger partial charge on any atom is -0.354 e. The Labute approximate surface area is 225 Å². The number of benzene rings is 3. The molecular weight excluding hydrogens is 512 g/mol. The van der Waals surface area contributed by atoms with Gasteiger partial charge >= 0.3 is 0 Å². The highest BCUT2D eigenvalue weighted by Gasteiger charge is 2.42. The summed E-state index contributed by atoms with van der Waals surface area (Å²) in [6.07, 6.45) is 0. The van der Waals surface area contributed by atoms with Crippen molar-refractivity contribution < 1.29 is 18.0 Å². The van der Waals surface area contributed by atoms with E-state index >= 15 is 0 Å². The van der Waals surface area contributed by atoms with Gasteiger partial charge in [-0.25, -0.2) is 12.4 Å². The number of para-hydroxylation sites is 2. The van der Waals surface area contributed by atoms with E-state index in [1.807, 2.05) is 55.4 Å². The molecule has 0 fully saturated rings. The van der Waals surface area contributed by atoms with E-state index in [0.717, 1.165) is 10.9 Å². The Bertz CT molecular complexity index is 1870. The summed E-state index contributed by atoms with van der Waals surface area (Å²) in [5.41, 5.74) is 2.06. The first-order chi connectivity index (χ1) is 18.8. The standard InChI is InChI=1S/C30H26N4O4S/c1-32(2)16-17-33-29(35)27(24-18-20-10-6-8-14-23(20)31-24)28(30(33)36)26-19-21-11-7-9-15-25(21)34(26)39(37,38)22-12-4-3-5-13-22/h3-15,18-19,31H,16-17H2,1-2H3. The van der Waals surface area contributed by atoms with E-state index in [0.29, 0.717) is 23.1 Å². The van der Waals surface area contributed by atoms with Gasteiger partial charge in [-0.2, -0.15) is 0 Å². The van der Waals surface area contributed by atoms with Gasteiger partial charge in [-0.05, 0) is 50.5 Å². The molecule has 6 rings (SSSR count). The van der Waals surface area contributed by atoms with Gasteiger partial charge in [-0.1, -0.05) is 54.6 Å². The first kappa shape index (κ1) is 24.8. The molecule has 39 heavy (non-hydrogen) atoms. The first-order valence-electron chi connectivity index (χ1n) is 12.5. The van der Waals surface area contributed by atoms with Crippen molar-refractivity contribution in [2.45, 2.75) is 4.90 Å². The lowest BCUT2D eigenvalue weighted by molar-refractivity contribution is -0.136. The average Bonchev–Trinajstić information content (AvgIpc) is 3.59. The molecule has 1 aliphatic heterocycles. The Morgan fingerprint density at radius 1 is 0.769 bits per heavy atom. The second kappa shape index (κ2) is 9.37. The fourth-order valence-electron chi connectivity index (χ4n) is 5.04. The monoisotopic (exact) mass is 538 g/mol. The quantitative estimate of drug-likeness (QED) is 0.314. The summed E-state index contributed by atoms with van der Waals surface area (Å²) in [5, 5.41) is 1.52. The van der Waals surface area contributed by atoms with Crippen molar-refractivity contribution in [3.8, 4) is 0 Å².